The Morgan fingerprint density at radius 3 is 2.21 bits per heavy atom. The lowest BCUT2D eigenvalue weighted by molar-refractivity contribution is -0.118. The monoisotopic (exact) mass is 327 g/mol. The van der Waals surface area contributed by atoms with Crippen molar-refractivity contribution in [3.63, 3.8) is 0 Å². The summed E-state index contributed by atoms with van der Waals surface area (Å²) in [4.78, 5) is 23.4. The Hall–Kier alpha value is -2.82. The Morgan fingerprint density at radius 1 is 0.958 bits per heavy atom. The molecule has 2 aromatic rings. The second kappa shape index (κ2) is 7.64. The van der Waals surface area contributed by atoms with E-state index in [4.69, 9.17) is 4.74 Å². The maximum absolute atomic E-state index is 12.0. The van der Waals surface area contributed by atoms with Gasteiger partial charge < -0.3 is 14.8 Å². The maximum atomic E-state index is 12.0. The smallest absolute Gasteiger partial charge is 0.337 e. The van der Waals surface area contributed by atoms with E-state index in [0.29, 0.717) is 11.3 Å². The van der Waals surface area contributed by atoms with Crippen LogP contribution in [0.1, 0.15) is 27.0 Å². The zero-order valence-corrected chi connectivity index (χ0v) is 14.3. The molecule has 0 aliphatic heterocycles. The minimum atomic E-state index is -0.415. The van der Waals surface area contributed by atoms with Gasteiger partial charge in [-0.15, -0.1) is 0 Å². The largest absolute Gasteiger partial charge is 0.483 e. The molecule has 24 heavy (non-hydrogen) atoms. The molecule has 2 aromatic carbocycles. The van der Waals surface area contributed by atoms with Crippen LogP contribution < -0.4 is 10.1 Å². The summed E-state index contributed by atoms with van der Waals surface area (Å²) in [7, 11) is 1.32. The van der Waals surface area contributed by atoms with Crippen LogP contribution in [0.15, 0.2) is 36.4 Å². The zero-order chi connectivity index (χ0) is 17.7. The van der Waals surface area contributed by atoms with Gasteiger partial charge in [-0.1, -0.05) is 12.1 Å². The third-order valence-electron chi connectivity index (χ3n) is 3.81. The van der Waals surface area contributed by atoms with Crippen molar-refractivity contribution in [1.29, 1.82) is 0 Å². The summed E-state index contributed by atoms with van der Waals surface area (Å²) in [5.41, 5.74) is 4.17. The van der Waals surface area contributed by atoms with Crippen LogP contribution in [-0.2, 0) is 9.53 Å². The quantitative estimate of drug-likeness (QED) is 0.855. The minimum absolute atomic E-state index is 0.0795. The van der Waals surface area contributed by atoms with Gasteiger partial charge in [0.05, 0.1) is 12.7 Å². The molecule has 1 amide bonds. The highest BCUT2D eigenvalue weighted by atomic mass is 16.5. The molecule has 1 N–H and O–H groups in total. The van der Waals surface area contributed by atoms with Crippen molar-refractivity contribution in [2.75, 3.05) is 19.0 Å². The third-order valence-corrected chi connectivity index (χ3v) is 3.81. The second-order valence-electron chi connectivity index (χ2n) is 5.56. The number of methoxy groups -OCH3 is 1. The molecule has 0 radical (unpaired) electrons. The summed E-state index contributed by atoms with van der Waals surface area (Å²) in [6.07, 6.45) is 0. The van der Waals surface area contributed by atoms with Crippen molar-refractivity contribution < 1.29 is 19.1 Å². The van der Waals surface area contributed by atoms with Gasteiger partial charge in [-0.05, 0) is 61.7 Å². The molecule has 5 heteroatoms. The first-order valence-corrected chi connectivity index (χ1v) is 7.60. The van der Waals surface area contributed by atoms with Crippen molar-refractivity contribution >= 4 is 17.6 Å². The van der Waals surface area contributed by atoms with Gasteiger partial charge in [0.2, 0.25) is 0 Å². The van der Waals surface area contributed by atoms with E-state index in [-0.39, 0.29) is 12.5 Å². The summed E-state index contributed by atoms with van der Waals surface area (Å²) in [5.74, 6) is 0.0638. The molecule has 0 saturated heterocycles. The topological polar surface area (TPSA) is 64.6 Å². The van der Waals surface area contributed by atoms with Crippen molar-refractivity contribution in [3.8, 4) is 5.75 Å². The lowest BCUT2D eigenvalue weighted by atomic mass is 10.1. The fraction of sp³-hybridized carbons (Fsp3) is 0.263. The standard InChI is InChI=1S/C19H21NO4/c1-12-5-6-13(2)18(14(12)3)24-11-17(21)20-16-9-7-15(8-10-16)19(22)23-4/h5-10H,11H2,1-4H3,(H,20,21). The number of aryl methyl sites for hydroxylation is 2. The molecule has 0 spiro atoms. The van der Waals surface area contributed by atoms with Gasteiger partial charge in [0.15, 0.2) is 6.61 Å². The van der Waals surface area contributed by atoms with Gasteiger partial charge in [-0.2, -0.15) is 0 Å². The van der Waals surface area contributed by atoms with Crippen LogP contribution >= 0.6 is 0 Å². The molecule has 0 aromatic heterocycles. The van der Waals surface area contributed by atoms with E-state index in [0.717, 1.165) is 22.4 Å². The molecular weight excluding hydrogens is 306 g/mol. The Morgan fingerprint density at radius 2 is 1.58 bits per heavy atom. The predicted octanol–water partition coefficient (Wildman–Crippen LogP) is 3.42. The van der Waals surface area contributed by atoms with Crippen molar-refractivity contribution in [2.45, 2.75) is 20.8 Å². The molecule has 0 aliphatic carbocycles. The van der Waals surface area contributed by atoms with Crippen molar-refractivity contribution in [3.05, 3.63) is 58.7 Å². The highest BCUT2D eigenvalue weighted by Crippen LogP contribution is 2.25. The Bertz CT molecular complexity index is 751. The molecular formula is C19H21NO4. The first-order chi connectivity index (χ1) is 11.4. The fourth-order valence-corrected chi connectivity index (χ4v) is 2.29. The summed E-state index contributed by atoms with van der Waals surface area (Å²) >= 11 is 0. The average molecular weight is 327 g/mol. The van der Waals surface area contributed by atoms with Crippen LogP contribution in [0.4, 0.5) is 5.69 Å². The van der Waals surface area contributed by atoms with E-state index in [1.165, 1.54) is 7.11 Å². The predicted molar refractivity (Wildman–Crippen MR) is 92.6 cm³/mol. The van der Waals surface area contributed by atoms with Gasteiger partial charge in [-0.3, -0.25) is 4.79 Å². The maximum Gasteiger partial charge on any atom is 0.337 e. The van der Waals surface area contributed by atoms with Crippen molar-refractivity contribution in [1.82, 2.24) is 0 Å². The van der Waals surface area contributed by atoms with Crippen LogP contribution in [-0.4, -0.2) is 25.6 Å². The highest BCUT2D eigenvalue weighted by molar-refractivity contribution is 5.93. The summed E-state index contributed by atoms with van der Waals surface area (Å²) in [5, 5.41) is 2.73. The van der Waals surface area contributed by atoms with E-state index in [1.807, 2.05) is 32.9 Å². The van der Waals surface area contributed by atoms with Crippen LogP contribution in [0.2, 0.25) is 0 Å². The van der Waals surface area contributed by atoms with E-state index >= 15 is 0 Å². The molecule has 2 rings (SSSR count). The number of hydrogen-bond donors (Lipinski definition) is 1. The molecule has 126 valence electrons. The van der Waals surface area contributed by atoms with Crippen molar-refractivity contribution in [2.24, 2.45) is 0 Å². The molecule has 0 aliphatic rings. The number of anilines is 1. The van der Waals surface area contributed by atoms with Crippen LogP contribution in [0.3, 0.4) is 0 Å². The van der Waals surface area contributed by atoms with E-state index in [1.54, 1.807) is 24.3 Å². The van der Waals surface area contributed by atoms with Crippen LogP contribution in [0.5, 0.6) is 5.75 Å². The highest BCUT2D eigenvalue weighted by Gasteiger charge is 2.10. The number of benzene rings is 2. The second-order valence-corrected chi connectivity index (χ2v) is 5.56. The third kappa shape index (κ3) is 4.13. The van der Waals surface area contributed by atoms with Gasteiger partial charge in [-0.25, -0.2) is 4.79 Å². The molecule has 0 bridgehead atoms. The number of nitrogens with one attached hydrogen (secondary N) is 1. The van der Waals surface area contributed by atoms with Gasteiger partial charge >= 0.3 is 5.97 Å². The number of hydrogen-bond acceptors (Lipinski definition) is 4. The fourth-order valence-electron chi connectivity index (χ4n) is 2.29. The molecule has 0 heterocycles. The average Bonchev–Trinajstić information content (AvgIpc) is 2.58. The molecule has 0 atom stereocenters. The first kappa shape index (κ1) is 17.5. The van der Waals surface area contributed by atoms with Gasteiger partial charge in [0, 0.05) is 5.69 Å². The molecule has 5 nitrogen and oxygen atoms in total. The molecule has 0 saturated carbocycles. The van der Waals surface area contributed by atoms with E-state index in [2.05, 4.69) is 10.1 Å². The zero-order valence-electron chi connectivity index (χ0n) is 14.3. The Kier molecular flexibility index (Phi) is 5.58. The molecule has 0 fully saturated rings. The lowest BCUT2D eigenvalue weighted by Gasteiger charge is -2.14. The van der Waals surface area contributed by atoms with Crippen LogP contribution in [0, 0.1) is 20.8 Å². The first-order valence-electron chi connectivity index (χ1n) is 7.60. The number of rotatable bonds is 5. The van der Waals surface area contributed by atoms with Gasteiger partial charge in [0.1, 0.15) is 5.75 Å². The summed E-state index contributed by atoms with van der Waals surface area (Å²) in [6, 6.07) is 10.5. The lowest BCUT2D eigenvalue weighted by Crippen LogP contribution is -2.20. The summed E-state index contributed by atoms with van der Waals surface area (Å²) in [6.45, 7) is 5.85. The number of carbonyl (C=O) groups excluding carboxylic acids is 2. The minimum Gasteiger partial charge on any atom is -0.483 e. The number of carbonyl (C=O) groups is 2. The number of amides is 1. The SMILES string of the molecule is COC(=O)c1ccc(NC(=O)COc2c(C)ccc(C)c2C)cc1. The summed E-state index contributed by atoms with van der Waals surface area (Å²) < 4.78 is 10.3. The number of ether oxygens (including phenoxy) is 2. The molecule has 0 unspecified atom stereocenters. The van der Waals surface area contributed by atoms with E-state index < -0.39 is 5.97 Å². The van der Waals surface area contributed by atoms with Gasteiger partial charge in [0.25, 0.3) is 5.91 Å². The number of esters is 1. The van der Waals surface area contributed by atoms with Crippen LogP contribution in [0.25, 0.3) is 0 Å². The Labute approximate surface area is 141 Å². The van der Waals surface area contributed by atoms with E-state index in [9.17, 15) is 9.59 Å². The Balaban J connectivity index is 1.97. The normalized spacial score (nSPS) is 10.2.